The average Bonchev–Trinajstić information content (AvgIpc) is 2.76. The van der Waals surface area contributed by atoms with Crippen LogP contribution in [0.4, 0.5) is 0 Å². The fraction of sp³-hybridized carbons (Fsp3) is 0.667. The maximum absolute atomic E-state index is 11.6. The molecule has 1 aliphatic rings. The number of carboxylic acids is 1. The highest BCUT2D eigenvalue weighted by Gasteiger charge is 2.60. The summed E-state index contributed by atoms with van der Waals surface area (Å²) in [4.78, 5) is 22.7. The standard InChI is InChI=1S/C12H18O4/c1-5-8-6-12(8,10(14)15)7-9(13)16-11(2,3)4/h5,8H,1,6-7H2,2-4H3,(H,14,15)/t8?,12-/m1/s1. The number of hydrogen-bond donors (Lipinski definition) is 1. The van der Waals surface area contributed by atoms with Crippen molar-refractivity contribution in [2.45, 2.75) is 39.2 Å². The smallest absolute Gasteiger partial charge is 0.310 e. The van der Waals surface area contributed by atoms with Gasteiger partial charge in [-0.15, -0.1) is 6.58 Å². The molecular weight excluding hydrogens is 208 g/mol. The molecule has 0 heterocycles. The van der Waals surface area contributed by atoms with E-state index < -0.39 is 23.0 Å². The van der Waals surface area contributed by atoms with Crippen LogP contribution in [0.15, 0.2) is 12.7 Å². The molecule has 4 heteroatoms. The Labute approximate surface area is 95.3 Å². The first-order chi connectivity index (χ1) is 7.21. The third-order valence-corrected chi connectivity index (χ3v) is 2.72. The molecule has 0 aromatic heterocycles. The van der Waals surface area contributed by atoms with Gasteiger partial charge in [-0.05, 0) is 33.1 Å². The van der Waals surface area contributed by atoms with Crippen molar-refractivity contribution in [2.75, 3.05) is 0 Å². The molecule has 0 amide bonds. The van der Waals surface area contributed by atoms with Gasteiger partial charge in [0.1, 0.15) is 5.60 Å². The number of aliphatic carboxylic acids is 1. The number of hydrogen-bond acceptors (Lipinski definition) is 3. The Hall–Kier alpha value is -1.32. The minimum Gasteiger partial charge on any atom is -0.481 e. The van der Waals surface area contributed by atoms with Crippen LogP contribution in [0.2, 0.25) is 0 Å². The highest BCUT2D eigenvalue weighted by atomic mass is 16.6. The van der Waals surface area contributed by atoms with E-state index in [-0.39, 0.29) is 12.3 Å². The largest absolute Gasteiger partial charge is 0.481 e. The van der Waals surface area contributed by atoms with Gasteiger partial charge in [0.05, 0.1) is 11.8 Å². The van der Waals surface area contributed by atoms with Crippen LogP contribution >= 0.6 is 0 Å². The van der Waals surface area contributed by atoms with E-state index in [9.17, 15) is 9.59 Å². The van der Waals surface area contributed by atoms with Crippen molar-refractivity contribution in [1.29, 1.82) is 0 Å². The van der Waals surface area contributed by atoms with Crippen LogP contribution in [0.25, 0.3) is 0 Å². The molecule has 0 aromatic rings. The van der Waals surface area contributed by atoms with Gasteiger partial charge in [0.2, 0.25) is 0 Å². The van der Waals surface area contributed by atoms with Crippen LogP contribution in [0.1, 0.15) is 33.6 Å². The number of ether oxygens (including phenoxy) is 1. The van der Waals surface area contributed by atoms with Gasteiger partial charge in [-0.3, -0.25) is 9.59 Å². The van der Waals surface area contributed by atoms with Gasteiger partial charge < -0.3 is 9.84 Å². The summed E-state index contributed by atoms with van der Waals surface area (Å²) in [6.07, 6.45) is 2.00. The number of carbonyl (C=O) groups excluding carboxylic acids is 1. The maximum atomic E-state index is 11.6. The summed E-state index contributed by atoms with van der Waals surface area (Å²) >= 11 is 0. The number of rotatable bonds is 4. The molecule has 1 fully saturated rings. The fourth-order valence-electron chi connectivity index (χ4n) is 1.80. The van der Waals surface area contributed by atoms with Gasteiger partial charge in [0.25, 0.3) is 0 Å². The maximum Gasteiger partial charge on any atom is 0.310 e. The first-order valence-corrected chi connectivity index (χ1v) is 5.29. The fourth-order valence-corrected chi connectivity index (χ4v) is 1.80. The lowest BCUT2D eigenvalue weighted by Gasteiger charge is -2.21. The quantitative estimate of drug-likeness (QED) is 0.588. The number of carboxylic acid groups (broad SMARTS) is 1. The predicted octanol–water partition coefficient (Wildman–Crippen LogP) is 2.00. The third-order valence-electron chi connectivity index (χ3n) is 2.72. The lowest BCUT2D eigenvalue weighted by Crippen LogP contribution is -2.28. The van der Waals surface area contributed by atoms with Crippen LogP contribution in [0.3, 0.4) is 0 Å². The van der Waals surface area contributed by atoms with Crippen LogP contribution in [-0.2, 0) is 14.3 Å². The van der Waals surface area contributed by atoms with Gasteiger partial charge in [-0.1, -0.05) is 6.08 Å². The van der Waals surface area contributed by atoms with E-state index in [0.717, 1.165) is 0 Å². The zero-order chi connectivity index (χ0) is 12.6. The van der Waals surface area contributed by atoms with Gasteiger partial charge in [0, 0.05) is 0 Å². The summed E-state index contributed by atoms with van der Waals surface area (Å²) in [5.41, 5.74) is -1.54. The van der Waals surface area contributed by atoms with Crippen molar-refractivity contribution in [1.82, 2.24) is 0 Å². The Morgan fingerprint density at radius 3 is 2.44 bits per heavy atom. The second-order valence-corrected chi connectivity index (χ2v) is 5.27. The lowest BCUT2D eigenvalue weighted by atomic mass is 9.99. The zero-order valence-electron chi connectivity index (χ0n) is 9.95. The van der Waals surface area contributed by atoms with Crippen molar-refractivity contribution in [3.05, 3.63) is 12.7 Å². The molecule has 1 aliphatic carbocycles. The summed E-state index contributed by atoms with van der Waals surface area (Å²) in [6, 6.07) is 0. The van der Waals surface area contributed by atoms with Crippen LogP contribution in [0.5, 0.6) is 0 Å². The monoisotopic (exact) mass is 226 g/mol. The average molecular weight is 226 g/mol. The first-order valence-electron chi connectivity index (χ1n) is 5.29. The number of carbonyl (C=O) groups is 2. The Bertz CT molecular complexity index is 326. The van der Waals surface area contributed by atoms with Gasteiger partial charge in [-0.2, -0.15) is 0 Å². The second kappa shape index (κ2) is 3.92. The van der Waals surface area contributed by atoms with Gasteiger partial charge >= 0.3 is 11.9 Å². The number of esters is 1. The number of allylic oxidation sites excluding steroid dienone is 1. The van der Waals surface area contributed by atoms with Crippen LogP contribution in [0, 0.1) is 11.3 Å². The molecule has 1 N–H and O–H groups in total. The highest BCUT2D eigenvalue weighted by Crippen LogP contribution is 2.56. The summed E-state index contributed by atoms with van der Waals surface area (Å²) in [5.74, 6) is -1.51. The molecule has 0 radical (unpaired) electrons. The van der Waals surface area contributed by atoms with Crippen molar-refractivity contribution in [3.8, 4) is 0 Å². The van der Waals surface area contributed by atoms with E-state index in [0.29, 0.717) is 6.42 Å². The van der Waals surface area contributed by atoms with E-state index in [2.05, 4.69) is 6.58 Å². The lowest BCUT2D eigenvalue weighted by molar-refractivity contribution is -0.161. The summed E-state index contributed by atoms with van der Waals surface area (Å²) in [6.45, 7) is 8.85. The van der Waals surface area contributed by atoms with Crippen LogP contribution < -0.4 is 0 Å². The Balaban J connectivity index is 2.63. The summed E-state index contributed by atoms with van der Waals surface area (Å²) in [5, 5.41) is 9.10. The molecule has 0 aliphatic heterocycles. The molecule has 1 rings (SSSR count). The van der Waals surface area contributed by atoms with E-state index in [4.69, 9.17) is 9.84 Å². The Kier molecular flexibility index (Phi) is 3.13. The molecule has 16 heavy (non-hydrogen) atoms. The predicted molar refractivity (Wildman–Crippen MR) is 58.8 cm³/mol. The van der Waals surface area contributed by atoms with Crippen molar-refractivity contribution in [2.24, 2.45) is 11.3 Å². The molecule has 0 spiro atoms. The molecule has 2 atom stereocenters. The van der Waals surface area contributed by atoms with Crippen molar-refractivity contribution < 1.29 is 19.4 Å². The Morgan fingerprint density at radius 1 is 1.56 bits per heavy atom. The molecule has 0 aromatic carbocycles. The molecular formula is C12H18O4. The van der Waals surface area contributed by atoms with E-state index in [1.807, 2.05) is 0 Å². The summed E-state index contributed by atoms with van der Waals surface area (Å²) in [7, 11) is 0. The minimum atomic E-state index is -0.968. The summed E-state index contributed by atoms with van der Waals surface area (Å²) < 4.78 is 5.12. The molecule has 4 nitrogen and oxygen atoms in total. The second-order valence-electron chi connectivity index (χ2n) is 5.27. The van der Waals surface area contributed by atoms with Crippen molar-refractivity contribution in [3.63, 3.8) is 0 Å². The molecule has 1 saturated carbocycles. The molecule has 0 saturated heterocycles. The Morgan fingerprint density at radius 2 is 2.12 bits per heavy atom. The zero-order valence-corrected chi connectivity index (χ0v) is 9.95. The van der Waals surface area contributed by atoms with E-state index in [1.165, 1.54) is 0 Å². The topological polar surface area (TPSA) is 63.6 Å². The van der Waals surface area contributed by atoms with Crippen molar-refractivity contribution >= 4 is 11.9 Å². The third kappa shape index (κ3) is 2.62. The van der Waals surface area contributed by atoms with E-state index >= 15 is 0 Å². The van der Waals surface area contributed by atoms with Gasteiger partial charge in [-0.25, -0.2) is 0 Å². The normalized spacial score (nSPS) is 28.3. The first kappa shape index (κ1) is 12.7. The van der Waals surface area contributed by atoms with Gasteiger partial charge in [0.15, 0.2) is 0 Å². The molecule has 1 unspecified atom stereocenters. The molecule has 0 bridgehead atoms. The minimum absolute atomic E-state index is 0.0731. The van der Waals surface area contributed by atoms with E-state index in [1.54, 1.807) is 26.8 Å². The highest BCUT2D eigenvalue weighted by molar-refractivity contribution is 5.85. The SMILES string of the molecule is C=CC1C[C@]1(CC(=O)OC(C)(C)C)C(=O)O. The molecule has 90 valence electrons. The van der Waals surface area contributed by atoms with Crippen LogP contribution in [-0.4, -0.2) is 22.6 Å².